The van der Waals surface area contributed by atoms with E-state index in [-0.39, 0.29) is 0 Å². The Morgan fingerprint density at radius 2 is 2.15 bits per heavy atom. The maximum absolute atomic E-state index is 12.3. The summed E-state index contributed by atoms with van der Waals surface area (Å²) in [6, 6.07) is 0. The molecular formula is C6H8F3N3O. The molecule has 0 saturated carbocycles. The highest BCUT2D eigenvalue weighted by molar-refractivity contribution is 5.09. The van der Waals surface area contributed by atoms with E-state index in [4.69, 9.17) is 0 Å². The number of rotatable bonds is 2. The van der Waals surface area contributed by atoms with Crippen molar-refractivity contribution in [1.29, 1.82) is 0 Å². The second-order valence-electron chi connectivity index (χ2n) is 2.57. The van der Waals surface area contributed by atoms with Crippen molar-refractivity contribution in [3.8, 4) is 0 Å². The van der Waals surface area contributed by atoms with E-state index < -0.39 is 23.9 Å². The van der Waals surface area contributed by atoms with Gasteiger partial charge in [0.15, 0.2) is 0 Å². The number of aromatic amines is 1. The number of hydrogen-bond donors (Lipinski definition) is 2. The molecule has 1 rings (SSSR count). The molecule has 0 saturated heterocycles. The Bertz CT molecular complexity index is 271. The van der Waals surface area contributed by atoms with Gasteiger partial charge in [-0.1, -0.05) is 6.92 Å². The lowest BCUT2D eigenvalue weighted by Crippen LogP contribution is -2.42. The van der Waals surface area contributed by atoms with E-state index in [2.05, 4.69) is 10.2 Å². The highest BCUT2D eigenvalue weighted by atomic mass is 19.4. The van der Waals surface area contributed by atoms with Crippen molar-refractivity contribution < 1.29 is 18.3 Å². The summed E-state index contributed by atoms with van der Waals surface area (Å²) in [6.07, 6.45) is -4.38. The SMILES string of the molecule is CCC(O)(c1cn[nH]n1)C(F)(F)F. The summed E-state index contributed by atoms with van der Waals surface area (Å²) in [7, 11) is 0. The Balaban J connectivity index is 3.09. The van der Waals surface area contributed by atoms with Gasteiger partial charge in [0, 0.05) is 0 Å². The zero-order chi connectivity index (χ0) is 10.1. The Labute approximate surface area is 71.8 Å². The molecule has 2 N–H and O–H groups in total. The van der Waals surface area contributed by atoms with E-state index >= 15 is 0 Å². The molecule has 0 aliphatic rings. The van der Waals surface area contributed by atoms with Gasteiger partial charge in [-0.05, 0) is 6.42 Å². The van der Waals surface area contributed by atoms with Gasteiger partial charge in [-0.2, -0.15) is 28.6 Å². The van der Waals surface area contributed by atoms with Crippen LogP contribution in [0.2, 0.25) is 0 Å². The van der Waals surface area contributed by atoms with Crippen LogP contribution in [0.1, 0.15) is 19.0 Å². The summed E-state index contributed by atoms with van der Waals surface area (Å²) in [5.41, 5.74) is -3.41. The molecule has 1 aromatic heterocycles. The second-order valence-corrected chi connectivity index (χ2v) is 2.57. The quantitative estimate of drug-likeness (QED) is 0.738. The standard InChI is InChI=1S/C6H8F3N3O/c1-2-5(13,6(7,8)9)4-3-10-12-11-4/h3,13H,2H2,1H3,(H,10,11,12). The number of nitrogens with one attached hydrogen (secondary N) is 1. The molecule has 0 fully saturated rings. The topological polar surface area (TPSA) is 61.8 Å². The van der Waals surface area contributed by atoms with E-state index in [0.29, 0.717) is 0 Å². The fourth-order valence-electron chi connectivity index (χ4n) is 0.928. The van der Waals surface area contributed by atoms with Crippen molar-refractivity contribution in [1.82, 2.24) is 15.4 Å². The van der Waals surface area contributed by atoms with Crippen molar-refractivity contribution in [3.63, 3.8) is 0 Å². The van der Waals surface area contributed by atoms with Gasteiger partial charge in [0.1, 0.15) is 5.69 Å². The molecule has 7 heteroatoms. The van der Waals surface area contributed by atoms with Crippen LogP contribution in [0.4, 0.5) is 13.2 Å². The van der Waals surface area contributed by atoms with Gasteiger partial charge in [0.2, 0.25) is 5.60 Å². The third-order valence-electron chi connectivity index (χ3n) is 1.82. The second kappa shape index (κ2) is 2.99. The fourth-order valence-corrected chi connectivity index (χ4v) is 0.928. The average molecular weight is 195 g/mol. The average Bonchev–Trinajstić information content (AvgIpc) is 2.52. The molecule has 0 aliphatic heterocycles. The monoisotopic (exact) mass is 195 g/mol. The molecule has 0 bridgehead atoms. The summed E-state index contributed by atoms with van der Waals surface area (Å²) >= 11 is 0. The maximum atomic E-state index is 12.3. The van der Waals surface area contributed by atoms with E-state index in [1.165, 1.54) is 6.92 Å². The van der Waals surface area contributed by atoms with Gasteiger partial charge in [0.25, 0.3) is 0 Å². The van der Waals surface area contributed by atoms with Gasteiger partial charge >= 0.3 is 6.18 Å². The van der Waals surface area contributed by atoms with Crippen molar-refractivity contribution in [2.75, 3.05) is 0 Å². The lowest BCUT2D eigenvalue weighted by Gasteiger charge is -2.26. The summed E-state index contributed by atoms with van der Waals surface area (Å²) in [5, 5.41) is 17.7. The van der Waals surface area contributed by atoms with E-state index in [0.717, 1.165) is 6.20 Å². The molecular weight excluding hydrogens is 187 g/mol. The van der Waals surface area contributed by atoms with Gasteiger partial charge < -0.3 is 5.11 Å². The fraction of sp³-hybridized carbons (Fsp3) is 0.667. The molecule has 1 atom stereocenters. The van der Waals surface area contributed by atoms with E-state index in [1.54, 1.807) is 0 Å². The first-order chi connectivity index (χ1) is 5.92. The van der Waals surface area contributed by atoms with Crippen LogP contribution in [0.5, 0.6) is 0 Å². The minimum atomic E-state index is -4.74. The van der Waals surface area contributed by atoms with Crippen LogP contribution in [0.15, 0.2) is 6.20 Å². The number of hydrogen-bond acceptors (Lipinski definition) is 3. The smallest absolute Gasteiger partial charge is 0.375 e. The Morgan fingerprint density at radius 3 is 2.46 bits per heavy atom. The Kier molecular flexibility index (Phi) is 2.29. The third-order valence-corrected chi connectivity index (χ3v) is 1.82. The number of aromatic nitrogens is 3. The molecule has 0 aliphatic carbocycles. The maximum Gasteiger partial charge on any atom is 0.423 e. The van der Waals surface area contributed by atoms with Crippen LogP contribution in [0, 0.1) is 0 Å². The highest BCUT2D eigenvalue weighted by Crippen LogP contribution is 2.39. The zero-order valence-corrected chi connectivity index (χ0v) is 6.76. The minimum Gasteiger partial charge on any atom is -0.375 e. The number of halogens is 3. The molecule has 0 aromatic carbocycles. The summed E-state index contributed by atoms with van der Waals surface area (Å²) in [6.45, 7) is 1.22. The highest BCUT2D eigenvalue weighted by Gasteiger charge is 2.55. The molecule has 4 nitrogen and oxygen atoms in total. The molecule has 0 spiro atoms. The third kappa shape index (κ3) is 1.51. The van der Waals surface area contributed by atoms with E-state index in [1.807, 2.05) is 5.21 Å². The molecule has 0 amide bonds. The van der Waals surface area contributed by atoms with Gasteiger partial charge in [-0.15, -0.1) is 0 Å². The van der Waals surface area contributed by atoms with E-state index in [9.17, 15) is 18.3 Å². The minimum absolute atomic E-state index is 0.497. The molecule has 1 aromatic rings. The van der Waals surface area contributed by atoms with Crippen LogP contribution in [0.3, 0.4) is 0 Å². The van der Waals surface area contributed by atoms with Gasteiger partial charge in [0.05, 0.1) is 6.20 Å². The molecule has 74 valence electrons. The summed E-state index contributed by atoms with van der Waals surface area (Å²) in [4.78, 5) is 0. The van der Waals surface area contributed by atoms with Crippen LogP contribution < -0.4 is 0 Å². The molecule has 0 radical (unpaired) electrons. The molecule has 13 heavy (non-hydrogen) atoms. The normalized spacial score (nSPS) is 17.0. The zero-order valence-electron chi connectivity index (χ0n) is 6.76. The Hall–Kier alpha value is -1.11. The largest absolute Gasteiger partial charge is 0.423 e. The van der Waals surface area contributed by atoms with Crippen molar-refractivity contribution in [2.45, 2.75) is 25.1 Å². The number of nitrogens with zero attached hydrogens (tertiary/aromatic N) is 2. The summed E-state index contributed by atoms with van der Waals surface area (Å²) in [5.74, 6) is 0. The Morgan fingerprint density at radius 1 is 1.54 bits per heavy atom. The number of aliphatic hydroxyl groups is 1. The predicted molar refractivity (Wildman–Crippen MR) is 36.6 cm³/mol. The first-order valence-electron chi connectivity index (χ1n) is 3.57. The van der Waals surface area contributed by atoms with Gasteiger partial charge in [-0.3, -0.25) is 0 Å². The van der Waals surface area contributed by atoms with Crippen LogP contribution >= 0.6 is 0 Å². The van der Waals surface area contributed by atoms with Crippen molar-refractivity contribution in [2.24, 2.45) is 0 Å². The van der Waals surface area contributed by atoms with Crippen molar-refractivity contribution in [3.05, 3.63) is 11.9 Å². The number of alkyl halides is 3. The van der Waals surface area contributed by atoms with Crippen molar-refractivity contribution >= 4 is 0 Å². The van der Waals surface area contributed by atoms with Crippen LogP contribution in [-0.4, -0.2) is 26.7 Å². The lowest BCUT2D eigenvalue weighted by atomic mass is 9.97. The summed E-state index contributed by atoms with van der Waals surface area (Å²) < 4.78 is 37.0. The first-order valence-corrected chi connectivity index (χ1v) is 3.57. The van der Waals surface area contributed by atoms with Crippen LogP contribution in [-0.2, 0) is 5.60 Å². The van der Waals surface area contributed by atoms with Gasteiger partial charge in [-0.25, -0.2) is 0 Å². The predicted octanol–water partition coefficient (Wildman–Crippen LogP) is 0.965. The first kappa shape index (κ1) is 9.97. The number of H-pyrrole nitrogens is 1. The molecule has 1 unspecified atom stereocenters. The van der Waals surface area contributed by atoms with Crippen LogP contribution in [0.25, 0.3) is 0 Å². The molecule has 1 heterocycles. The lowest BCUT2D eigenvalue weighted by molar-refractivity contribution is -0.269.